The van der Waals surface area contributed by atoms with E-state index < -0.39 is 11.9 Å². The maximum absolute atomic E-state index is 10.8. The number of aliphatic imine (C=N–C) groups is 1. The van der Waals surface area contributed by atoms with Gasteiger partial charge in [-0.15, -0.1) is 0 Å². The number of nitrogens with two attached hydrogens (primary N) is 2. The highest BCUT2D eigenvalue weighted by molar-refractivity contribution is 5.85. The molecule has 7 nitrogen and oxygen atoms in total. The first kappa shape index (κ1) is 13.7. The van der Waals surface area contributed by atoms with Crippen LogP contribution in [-0.4, -0.2) is 37.7 Å². The average molecular weight is 217 g/mol. The first-order chi connectivity index (χ1) is 7.01. The number of nitrogens with one attached hydrogen (secondary N) is 2. The molecule has 2 unspecified atom stereocenters. The van der Waals surface area contributed by atoms with Crippen molar-refractivity contribution in [2.24, 2.45) is 16.6 Å². The Bertz CT molecular complexity index is 231. The van der Waals surface area contributed by atoms with Crippen LogP contribution >= 0.6 is 0 Å². The number of hydrogen-bond donors (Lipinski definition) is 4. The molecular weight excluding hydrogens is 198 g/mol. The highest BCUT2D eigenvalue weighted by atomic mass is 16.5. The monoisotopic (exact) mass is 217 g/mol. The maximum atomic E-state index is 10.8. The van der Waals surface area contributed by atoms with Gasteiger partial charge in [0.25, 0.3) is 0 Å². The molecule has 0 radical (unpaired) electrons. The van der Waals surface area contributed by atoms with E-state index in [1.807, 2.05) is 6.92 Å². The second-order valence-electron chi connectivity index (χ2n) is 3.20. The van der Waals surface area contributed by atoms with Crippen LogP contribution in [0.2, 0.25) is 0 Å². The minimum absolute atomic E-state index is 0.0323. The molecule has 0 bridgehead atoms. The quantitative estimate of drug-likeness (QED) is 0.190. The van der Waals surface area contributed by atoms with E-state index in [4.69, 9.17) is 16.3 Å². The maximum Gasteiger partial charge on any atom is 0.242 e. The largest absolute Gasteiger partial charge is 0.383 e. The number of amides is 1. The minimum Gasteiger partial charge on any atom is -0.383 e. The number of carbonyl (C=O) groups is 1. The number of nitrogens with zero attached hydrogens (tertiary/aromatic N) is 1. The van der Waals surface area contributed by atoms with Gasteiger partial charge in [-0.2, -0.15) is 0 Å². The van der Waals surface area contributed by atoms with E-state index in [2.05, 4.69) is 15.7 Å². The fourth-order valence-corrected chi connectivity index (χ4v) is 0.899. The lowest BCUT2D eigenvalue weighted by molar-refractivity contribution is -0.118. The third-order valence-corrected chi connectivity index (χ3v) is 1.67. The molecular formula is C8H19N5O2. The lowest BCUT2D eigenvalue weighted by atomic mass is 10.3. The van der Waals surface area contributed by atoms with E-state index in [9.17, 15) is 4.79 Å². The molecule has 88 valence electrons. The number of hydrogen-bond acceptors (Lipinski definition) is 4. The van der Waals surface area contributed by atoms with Crippen LogP contribution in [0.25, 0.3) is 0 Å². The third-order valence-electron chi connectivity index (χ3n) is 1.67. The number of guanidine groups is 1. The van der Waals surface area contributed by atoms with Crippen LogP contribution in [0.5, 0.6) is 0 Å². The van der Waals surface area contributed by atoms with Crippen molar-refractivity contribution in [2.75, 3.05) is 13.7 Å². The molecule has 0 saturated heterocycles. The summed E-state index contributed by atoms with van der Waals surface area (Å²) in [5, 5.41) is 2.93. The number of methoxy groups -OCH3 is 1. The zero-order chi connectivity index (χ0) is 11.8. The second kappa shape index (κ2) is 7.02. The molecule has 0 aliphatic heterocycles. The van der Waals surface area contributed by atoms with E-state index in [1.54, 1.807) is 14.0 Å². The predicted octanol–water partition coefficient (Wildman–Crippen LogP) is -1.70. The highest BCUT2D eigenvalue weighted by Crippen LogP contribution is 1.88. The lowest BCUT2D eigenvalue weighted by Gasteiger charge is -2.16. The Morgan fingerprint density at radius 1 is 1.53 bits per heavy atom. The zero-order valence-electron chi connectivity index (χ0n) is 9.28. The van der Waals surface area contributed by atoms with Gasteiger partial charge in [0.1, 0.15) is 6.04 Å². The molecule has 0 aromatic rings. The van der Waals surface area contributed by atoms with Crippen molar-refractivity contribution in [3.05, 3.63) is 0 Å². The van der Waals surface area contributed by atoms with Gasteiger partial charge in [-0.05, 0) is 13.8 Å². The minimum atomic E-state index is -0.627. The van der Waals surface area contributed by atoms with Crippen molar-refractivity contribution in [3.8, 4) is 0 Å². The van der Waals surface area contributed by atoms with Crippen molar-refractivity contribution in [3.63, 3.8) is 0 Å². The Kier molecular flexibility index (Phi) is 6.39. The Morgan fingerprint density at radius 3 is 2.53 bits per heavy atom. The van der Waals surface area contributed by atoms with Crippen LogP contribution in [0.1, 0.15) is 13.8 Å². The van der Waals surface area contributed by atoms with Crippen LogP contribution in [0.3, 0.4) is 0 Å². The first-order valence-electron chi connectivity index (χ1n) is 4.60. The third kappa shape index (κ3) is 5.87. The molecule has 0 fully saturated rings. The summed E-state index contributed by atoms with van der Waals surface area (Å²) >= 11 is 0. The Hall–Kier alpha value is -1.34. The number of primary amides is 1. The zero-order valence-corrected chi connectivity index (χ0v) is 9.28. The Morgan fingerprint density at radius 2 is 2.13 bits per heavy atom. The second-order valence-corrected chi connectivity index (χ2v) is 3.20. The van der Waals surface area contributed by atoms with E-state index in [-0.39, 0.29) is 6.04 Å². The fourth-order valence-electron chi connectivity index (χ4n) is 0.899. The van der Waals surface area contributed by atoms with Crippen molar-refractivity contribution in [2.45, 2.75) is 25.9 Å². The number of carbonyl (C=O) groups excluding carboxylic acids is 1. The lowest BCUT2D eigenvalue weighted by Crippen LogP contribution is -2.48. The van der Waals surface area contributed by atoms with E-state index in [0.717, 1.165) is 0 Å². The molecule has 0 aromatic carbocycles. The predicted molar refractivity (Wildman–Crippen MR) is 57.9 cm³/mol. The molecule has 15 heavy (non-hydrogen) atoms. The van der Waals surface area contributed by atoms with Crippen molar-refractivity contribution in [1.82, 2.24) is 10.7 Å². The number of hydrazine groups is 1. The molecule has 2 atom stereocenters. The molecule has 6 N–H and O–H groups in total. The number of rotatable bonds is 5. The molecule has 0 spiro atoms. The van der Waals surface area contributed by atoms with Gasteiger partial charge in [-0.25, -0.2) is 10.8 Å². The molecule has 7 heteroatoms. The van der Waals surface area contributed by atoms with Crippen LogP contribution in [0, 0.1) is 0 Å². The highest BCUT2D eigenvalue weighted by Gasteiger charge is 2.09. The molecule has 0 aliphatic rings. The van der Waals surface area contributed by atoms with Gasteiger partial charge < -0.3 is 15.8 Å². The summed E-state index contributed by atoms with van der Waals surface area (Å²) in [5.41, 5.74) is 7.41. The molecule has 0 saturated carbocycles. The Balaban J connectivity index is 4.28. The van der Waals surface area contributed by atoms with Crippen molar-refractivity contribution < 1.29 is 9.53 Å². The summed E-state index contributed by atoms with van der Waals surface area (Å²) in [4.78, 5) is 14.7. The summed E-state index contributed by atoms with van der Waals surface area (Å²) in [6, 6.07) is -0.594. The molecule has 0 aromatic heterocycles. The topological polar surface area (TPSA) is 115 Å². The summed E-state index contributed by atoms with van der Waals surface area (Å²) < 4.78 is 4.92. The summed E-state index contributed by atoms with van der Waals surface area (Å²) in [6.07, 6.45) is 0. The van der Waals surface area contributed by atoms with Crippen LogP contribution in [0.4, 0.5) is 0 Å². The smallest absolute Gasteiger partial charge is 0.242 e. The summed E-state index contributed by atoms with van der Waals surface area (Å²) in [7, 11) is 1.59. The van der Waals surface area contributed by atoms with Crippen LogP contribution in [0.15, 0.2) is 4.99 Å². The van der Waals surface area contributed by atoms with Gasteiger partial charge in [0.05, 0.1) is 6.61 Å². The van der Waals surface area contributed by atoms with Gasteiger partial charge in [0, 0.05) is 13.2 Å². The molecule has 1 amide bonds. The molecule has 0 aliphatic carbocycles. The van der Waals surface area contributed by atoms with Crippen LogP contribution < -0.4 is 22.3 Å². The van der Waals surface area contributed by atoms with Crippen LogP contribution in [-0.2, 0) is 9.53 Å². The van der Waals surface area contributed by atoms with Crippen molar-refractivity contribution >= 4 is 11.9 Å². The SMILES string of the molecule is COCC(C)NC(=NC(C)C(N)=O)NN. The van der Waals surface area contributed by atoms with E-state index >= 15 is 0 Å². The van der Waals surface area contributed by atoms with Crippen molar-refractivity contribution in [1.29, 1.82) is 0 Å². The fraction of sp³-hybridized carbons (Fsp3) is 0.750. The molecule has 0 rings (SSSR count). The van der Waals surface area contributed by atoms with Gasteiger partial charge in [0.15, 0.2) is 0 Å². The first-order valence-corrected chi connectivity index (χ1v) is 4.60. The normalized spacial score (nSPS) is 15.6. The van der Waals surface area contributed by atoms with Gasteiger partial charge in [0.2, 0.25) is 11.9 Å². The van der Waals surface area contributed by atoms with E-state index in [1.165, 1.54) is 0 Å². The summed E-state index contributed by atoms with van der Waals surface area (Å²) in [6.45, 7) is 3.99. The Labute approximate surface area is 89.2 Å². The van der Waals surface area contributed by atoms with Gasteiger partial charge in [-0.1, -0.05) is 0 Å². The number of ether oxygens (including phenoxy) is 1. The van der Waals surface area contributed by atoms with Gasteiger partial charge in [-0.3, -0.25) is 10.2 Å². The van der Waals surface area contributed by atoms with E-state index in [0.29, 0.717) is 12.6 Å². The standard InChI is InChI=1S/C8H19N5O2/c1-5(4-15-3)11-8(13-10)12-6(2)7(9)14/h5-6H,4,10H2,1-3H3,(H2,9,14)(H2,11,12,13). The van der Waals surface area contributed by atoms with Gasteiger partial charge >= 0.3 is 0 Å². The molecule has 0 heterocycles. The summed E-state index contributed by atoms with van der Waals surface area (Å²) in [5.74, 6) is 5.03. The average Bonchev–Trinajstić information content (AvgIpc) is 2.16.